The largest absolute Gasteiger partial charge is 0.493 e. The molecular formula is C17H22ClNO3. The third kappa shape index (κ3) is 4.63. The fourth-order valence-corrected chi connectivity index (χ4v) is 2.03. The number of benzene rings is 2. The van der Waals surface area contributed by atoms with E-state index in [-0.39, 0.29) is 12.4 Å². The molecule has 0 aliphatic carbocycles. The number of methoxy groups -OCH3 is 1. The number of rotatable bonds is 6. The molecule has 0 unspecified atom stereocenters. The zero-order chi connectivity index (χ0) is 15.2. The van der Waals surface area contributed by atoms with Gasteiger partial charge >= 0.3 is 0 Å². The van der Waals surface area contributed by atoms with E-state index in [1.54, 1.807) is 20.1 Å². The summed E-state index contributed by atoms with van der Waals surface area (Å²) >= 11 is 0. The lowest BCUT2D eigenvalue weighted by atomic mass is 10.0. The summed E-state index contributed by atoms with van der Waals surface area (Å²) in [4.78, 5) is 0. The maximum absolute atomic E-state index is 9.60. The van der Waals surface area contributed by atoms with Gasteiger partial charge in [0.05, 0.1) is 19.3 Å². The first-order chi connectivity index (χ1) is 10.1. The predicted molar refractivity (Wildman–Crippen MR) is 89.6 cm³/mol. The van der Waals surface area contributed by atoms with Gasteiger partial charge in [0.1, 0.15) is 6.61 Å². The summed E-state index contributed by atoms with van der Waals surface area (Å²) in [7, 11) is 1.60. The molecule has 4 nitrogen and oxygen atoms in total. The summed E-state index contributed by atoms with van der Waals surface area (Å²) in [5.41, 5.74) is 7.85. The van der Waals surface area contributed by atoms with Gasteiger partial charge in [0.15, 0.2) is 11.5 Å². The Balaban J connectivity index is 0.00000242. The standard InChI is InChI=1S/C17H21NO3.ClH/c1-12(19)17(18)14-8-9-15(20-2)16(10-14)21-11-13-6-4-3-5-7-13;/h3-10,12,17,19H,11,18H2,1-2H3;1H/t12-,17-;/m1./s1. The van der Waals surface area contributed by atoms with Gasteiger partial charge in [-0.25, -0.2) is 0 Å². The number of halogens is 1. The average molecular weight is 324 g/mol. The Kier molecular flexibility index (Phi) is 7.18. The third-order valence-corrected chi connectivity index (χ3v) is 3.33. The minimum atomic E-state index is -0.625. The molecular weight excluding hydrogens is 302 g/mol. The molecule has 0 radical (unpaired) electrons. The lowest BCUT2D eigenvalue weighted by Crippen LogP contribution is -2.23. The maximum Gasteiger partial charge on any atom is 0.161 e. The van der Waals surface area contributed by atoms with E-state index in [1.807, 2.05) is 42.5 Å². The lowest BCUT2D eigenvalue weighted by molar-refractivity contribution is 0.164. The van der Waals surface area contributed by atoms with Crippen LogP contribution in [0, 0.1) is 0 Å². The van der Waals surface area contributed by atoms with Gasteiger partial charge in [-0.2, -0.15) is 0 Å². The summed E-state index contributed by atoms with van der Waals surface area (Å²) in [5, 5.41) is 9.60. The summed E-state index contributed by atoms with van der Waals surface area (Å²) in [6.07, 6.45) is -0.625. The van der Waals surface area contributed by atoms with Crippen LogP contribution in [0.1, 0.15) is 24.1 Å². The van der Waals surface area contributed by atoms with E-state index in [9.17, 15) is 5.11 Å². The highest BCUT2D eigenvalue weighted by molar-refractivity contribution is 5.85. The molecule has 0 fully saturated rings. The monoisotopic (exact) mass is 323 g/mol. The number of hydrogen-bond donors (Lipinski definition) is 2. The van der Waals surface area contributed by atoms with Crippen LogP contribution in [0.4, 0.5) is 0 Å². The Hall–Kier alpha value is -1.75. The molecule has 0 amide bonds. The number of hydrogen-bond acceptors (Lipinski definition) is 4. The Bertz CT molecular complexity index is 575. The normalized spacial score (nSPS) is 12.9. The van der Waals surface area contributed by atoms with Gasteiger partial charge in [-0.15, -0.1) is 12.4 Å². The molecule has 0 spiro atoms. The van der Waals surface area contributed by atoms with Gasteiger partial charge in [-0.1, -0.05) is 36.4 Å². The first-order valence-electron chi connectivity index (χ1n) is 6.90. The van der Waals surface area contributed by atoms with Crippen LogP contribution in [-0.4, -0.2) is 18.3 Å². The van der Waals surface area contributed by atoms with Crippen molar-refractivity contribution < 1.29 is 14.6 Å². The molecule has 0 saturated heterocycles. The van der Waals surface area contributed by atoms with Crippen LogP contribution in [0.3, 0.4) is 0 Å². The fourth-order valence-electron chi connectivity index (χ4n) is 2.03. The fraction of sp³-hybridized carbons (Fsp3) is 0.294. The molecule has 5 heteroatoms. The van der Waals surface area contributed by atoms with Gasteiger partial charge in [0, 0.05) is 0 Å². The van der Waals surface area contributed by atoms with Crippen LogP contribution in [0.2, 0.25) is 0 Å². The summed E-state index contributed by atoms with van der Waals surface area (Å²) in [6, 6.07) is 14.9. The smallest absolute Gasteiger partial charge is 0.161 e. The van der Waals surface area contributed by atoms with Gasteiger partial charge in [-0.3, -0.25) is 0 Å². The number of aliphatic hydroxyl groups excluding tert-OH is 1. The molecule has 0 bridgehead atoms. The molecule has 0 aliphatic heterocycles. The Morgan fingerprint density at radius 2 is 1.77 bits per heavy atom. The first-order valence-corrected chi connectivity index (χ1v) is 6.90. The average Bonchev–Trinajstić information content (AvgIpc) is 2.52. The van der Waals surface area contributed by atoms with Crippen LogP contribution in [0.5, 0.6) is 11.5 Å². The molecule has 120 valence electrons. The van der Waals surface area contributed by atoms with Crippen molar-refractivity contribution in [3.63, 3.8) is 0 Å². The topological polar surface area (TPSA) is 64.7 Å². The molecule has 22 heavy (non-hydrogen) atoms. The summed E-state index contributed by atoms with van der Waals surface area (Å²) < 4.78 is 11.1. The first kappa shape index (κ1) is 18.3. The van der Waals surface area contributed by atoms with Crippen LogP contribution >= 0.6 is 12.4 Å². The number of nitrogens with two attached hydrogens (primary N) is 1. The van der Waals surface area contributed by atoms with Crippen molar-refractivity contribution in [3.05, 3.63) is 59.7 Å². The second-order valence-corrected chi connectivity index (χ2v) is 4.95. The Morgan fingerprint density at radius 1 is 1.09 bits per heavy atom. The minimum absolute atomic E-state index is 0. The summed E-state index contributed by atoms with van der Waals surface area (Å²) in [5.74, 6) is 1.27. The predicted octanol–water partition coefficient (Wildman–Crippen LogP) is 3.08. The minimum Gasteiger partial charge on any atom is -0.493 e. The van der Waals surface area contributed by atoms with Gasteiger partial charge in [0.2, 0.25) is 0 Å². The summed E-state index contributed by atoms with van der Waals surface area (Å²) in [6.45, 7) is 2.12. The third-order valence-electron chi connectivity index (χ3n) is 3.33. The Morgan fingerprint density at radius 3 is 2.36 bits per heavy atom. The van der Waals surface area contributed by atoms with Crippen molar-refractivity contribution in [2.24, 2.45) is 5.73 Å². The van der Waals surface area contributed by atoms with Crippen molar-refractivity contribution >= 4 is 12.4 Å². The highest BCUT2D eigenvalue weighted by Crippen LogP contribution is 2.31. The van der Waals surface area contributed by atoms with Crippen molar-refractivity contribution in [1.29, 1.82) is 0 Å². The van der Waals surface area contributed by atoms with E-state index >= 15 is 0 Å². The zero-order valence-corrected chi connectivity index (χ0v) is 13.5. The van der Waals surface area contributed by atoms with E-state index in [0.717, 1.165) is 11.1 Å². The van der Waals surface area contributed by atoms with Crippen LogP contribution in [0.15, 0.2) is 48.5 Å². The van der Waals surface area contributed by atoms with Crippen LogP contribution in [0.25, 0.3) is 0 Å². The van der Waals surface area contributed by atoms with Crippen molar-refractivity contribution in [2.45, 2.75) is 25.7 Å². The van der Waals surface area contributed by atoms with Crippen LogP contribution in [-0.2, 0) is 6.61 Å². The van der Waals surface area contributed by atoms with E-state index in [2.05, 4.69) is 0 Å². The number of ether oxygens (including phenoxy) is 2. The molecule has 2 aromatic rings. The SMILES string of the molecule is COc1ccc([C@H](N)[C@@H](C)O)cc1OCc1ccccc1.Cl. The van der Waals surface area contributed by atoms with E-state index < -0.39 is 12.1 Å². The molecule has 0 heterocycles. The second kappa shape index (κ2) is 8.63. The molecule has 2 atom stereocenters. The zero-order valence-electron chi connectivity index (χ0n) is 12.7. The quantitative estimate of drug-likeness (QED) is 0.857. The lowest BCUT2D eigenvalue weighted by Gasteiger charge is -2.18. The second-order valence-electron chi connectivity index (χ2n) is 4.95. The van der Waals surface area contributed by atoms with E-state index in [0.29, 0.717) is 18.1 Å². The highest BCUT2D eigenvalue weighted by atomic mass is 35.5. The highest BCUT2D eigenvalue weighted by Gasteiger charge is 2.15. The van der Waals surface area contributed by atoms with E-state index in [4.69, 9.17) is 15.2 Å². The molecule has 2 aromatic carbocycles. The molecule has 0 aromatic heterocycles. The van der Waals surface area contributed by atoms with Crippen molar-refractivity contribution in [3.8, 4) is 11.5 Å². The molecule has 3 N–H and O–H groups in total. The van der Waals surface area contributed by atoms with Gasteiger partial charge in [-0.05, 0) is 30.2 Å². The van der Waals surface area contributed by atoms with Crippen LogP contribution < -0.4 is 15.2 Å². The number of aliphatic hydroxyl groups is 1. The van der Waals surface area contributed by atoms with Gasteiger partial charge in [0.25, 0.3) is 0 Å². The molecule has 0 saturated carbocycles. The van der Waals surface area contributed by atoms with E-state index in [1.165, 1.54) is 0 Å². The van der Waals surface area contributed by atoms with Gasteiger partial charge < -0.3 is 20.3 Å². The molecule has 2 rings (SSSR count). The molecule has 0 aliphatic rings. The van der Waals surface area contributed by atoms with Crippen molar-refractivity contribution in [2.75, 3.05) is 7.11 Å². The van der Waals surface area contributed by atoms with Crippen molar-refractivity contribution in [1.82, 2.24) is 0 Å². The maximum atomic E-state index is 9.60. The Labute approximate surface area is 137 Å².